The first-order chi connectivity index (χ1) is 16.7. The number of nitrogens with one attached hydrogen (secondary N) is 1. The maximum Gasteiger partial charge on any atom is 0.358 e. The number of hydrogen-bond donors (Lipinski definition) is 1. The minimum atomic E-state index is -0.558. The quantitative estimate of drug-likeness (QED) is 0.186. The molecular formula is C26H30BrClN4O3. The molecule has 0 aliphatic carbocycles. The van der Waals surface area contributed by atoms with Crippen LogP contribution in [0.1, 0.15) is 54.6 Å². The molecule has 0 aliphatic rings. The van der Waals surface area contributed by atoms with Crippen molar-refractivity contribution in [2.24, 2.45) is 0 Å². The minimum absolute atomic E-state index is 0.166. The number of nitriles is 1. The molecule has 2 aromatic rings. The lowest BCUT2D eigenvalue weighted by molar-refractivity contribution is 0.0518. The van der Waals surface area contributed by atoms with Crippen LogP contribution in [0.5, 0.6) is 0 Å². The Morgan fingerprint density at radius 2 is 2.14 bits per heavy atom. The number of rotatable bonds is 11. The standard InChI is InChI=1S/C26H30BrClN4O3/c1-7-19(11-9-16(3)14-29)22(30-21-13-20(28)12-10-17(21)4)24-23(25(33)35-8-2)31-26(27)32(24)18(5)15-34-6/h7,9-13,18,22,30H,3,8,15H2,1-2,4-6H3/b11-9-,19-7+/t18-,22?/m1/s1. The predicted octanol–water partition coefficient (Wildman–Crippen LogP) is 6.73. The number of hydrogen-bond acceptors (Lipinski definition) is 6. The van der Waals surface area contributed by atoms with E-state index in [-0.39, 0.29) is 18.3 Å². The van der Waals surface area contributed by atoms with Crippen molar-refractivity contribution < 1.29 is 14.3 Å². The second kappa shape index (κ2) is 13.3. The van der Waals surface area contributed by atoms with E-state index < -0.39 is 12.0 Å². The Morgan fingerprint density at radius 1 is 1.43 bits per heavy atom. The zero-order valence-corrected chi connectivity index (χ0v) is 22.9. The van der Waals surface area contributed by atoms with Gasteiger partial charge in [-0.3, -0.25) is 0 Å². The average Bonchev–Trinajstić information content (AvgIpc) is 3.17. The topological polar surface area (TPSA) is 89.2 Å². The Labute approximate surface area is 220 Å². The van der Waals surface area contributed by atoms with E-state index in [1.165, 1.54) is 0 Å². The number of aryl methyl sites for hydroxylation is 1. The molecule has 1 heterocycles. The number of anilines is 1. The number of ether oxygens (including phenoxy) is 2. The first-order valence-corrected chi connectivity index (χ1v) is 12.2. The summed E-state index contributed by atoms with van der Waals surface area (Å²) < 4.78 is 13.1. The molecule has 0 saturated heterocycles. The molecule has 1 aromatic heterocycles. The summed E-state index contributed by atoms with van der Waals surface area (Å²) in [6.45, 7) is 11.9. The summed E-state index contributed by atoms with van der Waals surface area (Å²) in [6.07, 6.45) is 5.33. The molecule has 7 nitrogen and oxygen atoms in total. The number of aromatic nitrogens is 2. The highest BCUT2D eigenvalue weighted by Gasteiger charge is 2.32. The molecule has 0 spiro atoms. The monoisotopic (exact) mass is 560 g/mol. The zero-order chi connectivity index (χ0) is 26.1. The van der Waals surface area contributed by atoms with Crippen LogP contribution in [0.4, 0.5) is 5.69 Å². The molecule has 2 rings (SSSR count). The molecule has 1 N–H and O–H groups in total. The largest absolute Gasteiger partial charge is 0.461 e. The average molecular weight is 562 g/mol. The minimum Gasteiger partial charge on any atom is -0.461 e. The van der Waals surface area contributed by atoms with Crippen molar-refractivity contribution in [3.05, 3.63) is 80.9 Å². The van der Waals surface area contributed by atoms with Crippen LogP contribution in [0.3, 0.4) is 0 Å². The van der Waals surface area contributed by atoms with Gasteiger partial charge in [-0.2, -0.15) is 5.26 Å². The summed E-state index contributed by atoms with van der Waals surface area (Å²) in [6, 6.07) is 6.86. The highest BCUT2D eigenvalue weighted by molar-refractivity contribution is 9.10. The van der Waals surface area contributed by atoms with E-state index in [1.807, 2.05) is 55.7 Å². The number of allylic oxidation sites excluding steroid dienone is 3. The Kier molecular flexibility index (Phi) is 10.8. The highest BCUT2D eigenvalue weighted by atomic mass is 79.9. The molecule has 186 valence electrons. The first kappa shape index (κ1) is 28.4. The van der Waals surface area contributed by atoms with Crippen LogP contribution in [-0.4, -0.2) is 35.8 Å². The third-order valence-corrected chi connectivity index (χ3v) is 6.08. The van der Waals surface area contributed by atoms with Crippen LogP contribution in [0, 0.1) is 18.3 Å². The van der Waals surface area contributed by atoms with Crippen LogP contribution in [-0.2, 0) is 9.47 Å². The van der Waals surface area contributed by atoms with Gasteiger partial charge in [0, 0.05) is 23.4 Å². The van der Waals surface area contributed by atoms with Gasteiger partial charge in [0.15, 0.2) is 10.4 Å². The fourth-order valence-electron chi connectivity index (χ4n) is 3.59. The van der Waals surface area contributed by atoms with E-state index in [2.05, 4.69) is 32.8 Å². The lowest BCUT2D eigenvalue weighted by Gasteiger charge is -2.27. The third-order valence-electron chi connectivity index (χ3n) is 5.28. The van der Waals surface area contributed by atoms with Crippen molar-refractivity contribution in [3.63, 3.8) is 0 Å². The molecule has 35 heavy (non-hydrogen) atoms. The van der Waals surface area contributed by atoms with Gasteiger partial charge in [-0.1, -0.05) is 36.4 Å². The van der Waals surface area contributed by atoms with E-state index in [4.69, 9.17) is 21.1 Å². The number of imidazole rings is 1. The van der Waals surface area contributed by atoms with Gasteiger partial charge >= 0.3 is 5.97 Å². The van der Waals surface area contributed by atoms with Gasteiger partial charge in [0.1, 0.15) is 0 Å². The maximum absolute atomic E-state index is 13.0. The normalized spacial score (nSPS) is 13.4. The van der Waals surface area contributed by atoms with Crippen LogP contribution in [0.2, 0.25) is 5.02 Å². The second-order valence-corrected chi connectivity index (χ2v) is 8.95. The van der Waals surface area contributed by atoms with E-state index in [9.17, 15) is 10.1 Å². The summed E-state index contributed by atoms with van der Waals surface area (Å²) >= 11 is 9.83. The predicted molar refractivity (Wildman–Crippen MR) is 143 cm³/mol. The Morgan fingerprint density at radius 3 is 2.74 bits per heavy atom. The molecule has 0 aliphatic heterocycles. The van der Waals surface area contributed by atoms with E-state index in [1.54, 1.807) is 26.2 Å². The SMILES string of the molecule is C=C(C#N)/C=C\C(=C/C)C(Nc1cc(Cl)ccc1C)c1c(C(=O)OCC)nc(Br)n1[C@H](C)COC. The Hall–Kier alpha value is -2.86. The van der Waals surface area contributed by atoms with Crippen LogP contribution < -0.4 is 5.32 Å². The third kappa shape index (κ3) is 7.07. The van der Waals surface area contributed by atoms with Crippen molar-refractivity contribution in [3.8, 4) is 6.07 Å². The van der Waals surface area contributed by atoms with E-state index in [0.717, 1.165) is 16.8 Å². The lowest BCUT2D eigenvalue weighted by Crippen LogP contribution is -2.24. The summed E-state index contributed by atoms with van der Waals surface area (Å²) in [5.41, 5.74) is 3.59. The van der Waals surface area contributed by atoms with Crippen molar-refractivity contribution in [1.29, 1.82) is 5.26 Å². The van der Waals surface area contributed by atoms with Crippen LogP contribution in [0.25, 0.3) is 0 Å². The number of nitrogens with zero attached hydrogens (tertiary/aromatic N) is 3. The van der Waals surface area contributed by atoms with Gasteiger partial charge < -0.3 is 19.4 Å². The van der Waals surface area contributed by atoms with E-state index in [0.29, 0.717) is 27.6 Å². The zero-order valence-electron chi connectivity index (χ0n) is 20.6. The number of halogens is 2. The van der Waals surface area contributed by atoms with Crippen molar-refractivity contribution in [2.75, 3.05) is 25.6 Å². The van der Waals surface area contributed by atoms with Gasteiger partial charge in [0.2, 0.25) is 0 Å². The van der Waals surface area contributed by atoms with Crippen molar-refractivity contribution >= 4 is 39.2 Å². The van der Waals surface area contributed by atoms with Crippen LogP contribution >= 0.6 is 27.5 Å². The van der Waals surface area contributed by atoms with Gasteiger partial charge in [0.25, 0.3) is 0 Å². The molecule has 0 bridgehead atoms. The Balaban J connectivity index is 2.84. The van der Waals surface area contributed by atoms with Crippen molar-refractivity contribution in [1.82, 2.24) is 9.55 Å². The van der Waals surface area contributed by atoms with Gasteiger partial charge in [0.05, 0.1) is 37.1 Å². The summed E-state index contributed by atoms with van der Waals surface area (Å²) in [5, 5.41) is 13.3. The number of benzene rings is 1. The molecule has 1 unspecified atom stereocenters. The summed E-state index contributed by atoms with van der Waals surface area (Å²) in [7, 11) is 1.62. The van der Waals surface area contributed by atoms with Gasteiger partial charge in [-0.25, -0.2) is 9.78 Å². The number of carbonyl (C=O) groups is 1. The van der Waals surface area contributed by atoms with Gasteiger partial charge in [-0.15, -0.1) is 0 Å². The number of esters is 1. The first-order valence-electron chi connectivity index (χ1n) is 11.1. The number of carbonyl (C=O) groups excluding carboxylic acids is 1. The smallest absolute Gasteiger partial charge is 0.358 e. The molecule has 0 radical (unpaired) electrons. The maximum atomic E-state index is 13.0. The van der Waals surface area contributed by atoms with Crippen LogP contribution in [0.15, 0.2) is 58.9 Å². The molecular weight excluding hydrogens is 532 g/mol. The highest BCUT2D eigenvalue weighted by Crippen LogP contribution is 2.36. The molecule has 2 atom stereocenters. The number of methoxy groups -OCH3 is 1. The summed E-state index contributed by atoms with van der Waals surface area (Å²) in [5.74, 6) is -0.540. The Bertz CT molecular complexity index is 1180. The molecule has 0 amide bonds. The van der Waals surface area contributed by atoms with E-state index >= 15 is 0 Å². The second-order valence-electron chi connectivity index (χ2n) is 7.81. The molecule has 1 aromatic carbocycles. The molecule has 9 heteroatoms. The fraction of sp³-hybridized carbons (Fsp3) is 0.346. The lowest BCUT2D eigenvalue weighted by atomic mass is 9.98. The van der Waals surface area contributed by atoms with Crippen molar-refractivity contribution in [2.45, 2.75) is 39.8 Å². The molecule has 0 fully saturated rings. The summed E-state index contributed by atoms with van der Waals surface area (Å²) in [4.78, 5) is 17.5. The fourth-order valence-corrected chi connectivity index (χ4v) is 4.48. The molecule has 0 saturated carbocycles. The van der Waals surface area contributed by atoms with Gasteiger partial charge in [-0.05, 0) is 73.0 Å².